The molecule has 0 fully saturated rings. The Balaban J connectivity index is 1.86. The number of hydrogen-bond donors (Lipinski definition) is 1. The summed E-state index contributed by atoms with van der Waals surface area (Å²) in [4.78, 5) is 16.7. The van der Waals surface area contributed by atoms with E-state index in [2.05, 4.69) is 15.4 Å². The lowest BCUT2D eigenvalue weighted by atomic mass is 10.1. The molecule has 1 amide bonds. The fourth-order valence-electron chi connectivity index (χ4n) is 2.36. The molecule has 0 atom stereocenters. The van der Waals surface area contributed by atoms with Crippen molar-refractivity contribution < 1.29 is 4.79 Å². The molecule has 0 aliphatic heterocycles. The predicted molar refractivity (Wildman–Crippen MR) is 90.0 cm³/mol. The molecule has 3 aromatic rings. The smallest absolute Gasteiger partial charge is 0.259 e. The van der Waals surface area contributed by atoms with E-state index in [1.165, 1.54) is 5.56 Å². The van der Waals surface area contributed by atoms with Crippen molar-refractivity contribution in [1.82, 2.24) is 14.8 Å². The molecule has 0 saturated heterocycles. The fourth-order valence-corrected chi connectivity index (χ4v) is 2.36. The van der Waals surface area contributed by atoms with Gasteiger partial charge in [-0.3, -0.25) is 4.79 Å². The Morgan fingerprint density at radius 2 is 1.91 bits per heavy atom. The number of aryl methyl sites for hydroxylation is 2. The Morgan fingerprint density at radius 3 is 2.61 bits per heavy atom. The number of carbonyl (C=O) groups is 1. The zero-order valence-electron chi connectivity index (χ0n) is 13.4. The maximum Gasteiger partial charge on any atom is 0.259 e. The first-order chi connectivity index (χ1) is 11.1. The second-order valence-corrected chi connectivity index (χ2v) is 5.50. The van der Waals surface area contributed by atoms with Crippen molar-refractivity contribution in [3.8, 4) is 5.82 Å². The van der Waals surface area contributed by atoms with Gasteiger partial charge in [0.25, 0.3) is 5.91 Å². The van der Waals surface area contributed by atoms with E-state index in [0.29, 0.717) is 11.4 Å². The van der Waals surface area contributed by atoms with Crippen molar-refractivity contribution in [1.29, 1.82) is 0 Å². The molecule has 0 radical (unpaired) electrons. The average molecular weight is 306 g/mol. The van der Waals surface area contributed by atoms with Gasteiger partial charge in [0.1, 0.15) is 0 Å². The molecule has 23 heavy (non-hydrogen) atoms. The van der Waals surface area contributed by atoms with Crippen LogP contribution in [-0.4, -0.2) is 20.7 Å². The summed E-state index contributed by atoms with van der Waals surface area (Å²) in [6.07, 6.45) is 3.27. The number of amides is 1. The van der Waals surface area contributed by atoms with Crippen LogP contribution in [0.25, 0.3) is 5.82 Å². The summed E-state index contributed by atoms with van der Waals surface area (Å²) in [6, 6.07) is 11.4. The van der Waals surface area contributed by atoms with Gasteiger partial charge in [0, 0.05) is 11.9 Å². The number of rotatable bonds is 3. The maximum absolute atomic E-state index is 12.5. The van der Waals surface area contributed by atoms with Gasteiger partial charge in [-0.15, -0.1) is 0 Å². The number of benzene rings is 1. The molecule has 0 spiro atoms. The van der Waals surface area contributed by atoms with Gasteiger partial charge in [-0.2, -0.15) is 5.10 Å². The lowest BCUT2D eigenvalue weighted by molar-refractivity contribution is 0.102. The number of hydrogen-bond acceptors (Lipinski definition) is 3. The van der Waals surface area contributed by atoms with Crippen molar-refractivity contribution in [2.45, 2.75) is 20.8 Å². The minimum Gasteiger partial charge on any atom is -0.322 e. The zero-order chi connectivity index (χ0) is 16.4. The Morgan fingerprint density at radius 1 is 1.09 bits per heavy atom. The number of pyridine rings is 1. The summed E-state index contributed by atoms with van der Waals surface area (Å²) in [5.41, 5.74) is 4.41. The van der Waals surface area contributed by atoms with E-state index in [-0.39, 0.29) is 5.91 Å². The Kier molecular flexibility index (Phi) is 3.93. The second-order valence-electron chi connectivity index (χ2n) is 5.50. The highest BCUT2D eigenvalue weighted by molar-refractivity contribution is 6.05. The quantitative estimate of drug-likeness (QED) is 0.806. The Hall–Kier alpha value is -2.95. The van der Waals surface area contributed by atoms with Crippen LogP contribution in [0, 0.1) is 20.8 Å². The first-order valence-electron chi connectivity index (χ1n) is 7.41. The number of nitrogens with zero attached hydrogens (tertiary/aromatic N) is 3. The molecule has 0 saturated carbocycles. The second kappa shape index (κ2) is 6.04. The molecular weight excluding hydrogens is 288 g/mol. The Labute approximate surface area is 135 Å². The first-order valence-corrected chi connectivity index (χ1v) is 7.41. The molecule has 0 aliphatic rings. The van der Waals surface area contributed by atoms with Crippen LogP contribution in [0.4, 0.5) is 5.69 Å². The van der Waals surface area contributed by atoms with Crippen LogP contribution in [0.15, 0.2) is 48.8 Å². The van der Waals surface area contributed by atoms with Gasteiger partial charge in [0.2, 0.25) is 0 Å². The number of nitrogens with one attached hydrogen (secondary N) is 1. The Bertz CT molecular complexity index is 853. The molecule has 1 N–H and O–H groups in total. The van der Waals surface area contributed by atoms with Crippen LogP contribution in [0.1, 0.15) is 27.2 Å². The van der Waals surface area contributed by atoms with Gasteiger partial charge in [-0.05, 0) is 56.2 Å². The number of carbonyl (C=O) groups excluding carboxylic acids is 1. The molecule has 3 rings (SSSR count). The monoisotopic (exact) mass is 306 g/mol. The SMILES string of the molecule is Cc1ccc(NC(=O)c2cnn(-c3ccccn3)c2C)cc1C. The molecular formula is C18H18N4O. The van der Waals surface area contributed by atoms with Crippen molar-refractivity contribution in [3.63, 3.8) is 0 Å². The number of aromatic nitrogens is 3. The maximum atomic E-state index is 12.5. The summed E-state index contributed by atoms with van der Waals surface area (Å²) in [7, 11) is 0. The highest BCUT2D eigenvalue weighted by atomic mass is 16.1. The summed E-state index contributed by atoms with van der Waals surface area (Å²) in [5.74, 6) is 0.517. The highest BCUT2D eigenvalue weighted by Crippen LogP contribution is 2.17. The van der Waals surface area contributed by atoms with E-state index in [9.17, 15) is 4.79 Å². The van der Waals surface area contributed by atoms with Crippen molar-refractivity contribution in [3.05, 3.63) is 71.2 Å². The molecule has 2 aromatic heterocycles. The first kappa shape index (κ1) is 15.0. The topological polar surface area (TPSA) is 59.8 Å². The van der Waals surface area contributed by atoms with E-state index >= 15 is 0 Å². The summed E-state index contributed by atoms with van der Waals surface area (Å²) in [6.45, 7) is 5.92. The van der Waals surface area contributed by atoms with E-state index in [1.807, 2.05) is 57.2 Å². The van der Waals surface area contributed by atoms with E-state index in [0.717, 1.165) is 16.9 Å². The van der Waals surface area contributed by atoms with Crippen LogP contribution in [-0.2, 0) is 0 Å². The standard InChI is InChI=1S/C18H18N4O/c1-12-7-8-15(10-13(12)2)21-18(23)16-11-20-22(14(16)3)17-6-4-5-9-19-17/h4-11H,1-3H3,(H,21,23). The third-order valence-electron chi connectivity index (χ3n) is 3.89. The van der Waals surface area contributed by atoms with Crippen molar-refractivity contribution in [2.75, 3.05) is 5.32 Å². The lowest BCUT2D eigenvalue weighted by Gasteiger charge is -2.08. The summed E-state index contributed by atoms with van der Waals surface area (Å²) >= 11 is 0. The van der Waals surface area contributed by atoms with Crippen LogP contribution in [0.2, 0.25) is 0 Å². The molecule has 116 valence electrons. The third kappa shape index (κ3) is 2.99. The van der Waals surface area contributed by atoms with Gasteiger partial charge >= 0.3 is 0 Å². The van der Waals surface area contributed by atoms with Gasteiger partial charge in [0.05, 0.1) is 17.5 Å². The zero-order valence-corrected chi connectivity index (χ0v) is 13.4. The van der Waals surface area contributed by atoms with Crippen LogP contribution >= 0.6 is 0 Å². The van der Waals surface area contributed by atoms with Crippen molar-refractivity contribution >= 4 is 11.6 Å². The highest BCUT2D eigenvalue weighted by Gasteiger charge is 2.15. The minimum atomic E-state index is -0.173. The largest absolute Gasteiger partial charge is 0.322 e. The third-order valence-corrected chi connectivity index (χ3v) is 3.89. The predicted octanol–water partition coefficient (Wildman–Crippen LogP) is 3.44. The molecule has 5 heteroatoms. The average Bonchev–Trinajstić information content (AvgIpc) is 2.93. The van der Waals surface area contributed by atoms with Crippen molar-refractivity contribution in [2.24, 2.45) is 0 Å². The summed E-state index contributed by atoms with van der Waals surface area (Å²) < 4.78 is 1.66. The van der Waals surface area contributed by atoms with Gasteiger partial charge in [0.15, 0.2) is 5.82 Å². The van der Waals surface area contributed by atoms with E-state index < -0.39 is 0 Å². The molecule has 2 heterocycles. The van der Waals surface area contributed by atoms with Crippen LogP contribution in [0.5, 0.6) is 0 Å². The van der Waals surface area contributed by atoms with Crippen LogP contribution < -0.4 is 5.32 Å². The van der Waals surface area contributed by atoms with Crippen LogP contribution in [0.3, 0.4) is 0 Å². The molecule has 0 bridgehead atoms. The molecule has 1 aromatic carbocycles. The molecule has 0 unspecified atom stereocenters. The molecule has 5 nitrogen and oxygen atoms in total. The van der Waals surface area contributed by atoms with E-state index in [1.54, 1.807) is 17.1 Å². The normalized spacial score (nSPS) is 10.6. The van der Waals surface area contributed by atoms with Gasteiger partial charge < -0.3 is 5.32 Å². The lowest BCUT2D eigenvalue weighted by Crippen LogP contribution is -2.13. The van der Waals surface area contributed by atoms with E-state index in [4.69, 9.17) is 0 Å². The number of anilines is 1. The molecule has 0 aliphatic carbocycles. The van der Waals surface area contributed by atoms with Gasteiger partial charge in [-0.1, -0.05) is 12.1 Å². The van der Waals surface area contributed by atoms with Gasteiger partial charge in [-0.25, -0.2) is 9.67 Å². The fraction of sp³-hybridized carbons (Fsp3) is 0.167. The summed E-state index contributed by atoms with van der Waals surface area (Å²) in [5, 5.41) is 7.19. The minimum absolute atomic E-state index is 0.173.